The molecule has 0 N–H and O–H groups in total. The highest BCUT2D eigenvalue weighted by Crippen LogP contribution is 2.29. The van der Waals surface area contributed by atoms with Crippen LogP contribution in [0.4, 0.5) is 8.78 Å². The van der Waals surface area contributed by atoms with Crippen LogP contribution in [0.25, 0.3) is 11.3 Å². The molecule has 0 fully saturated rings. The molecule has 0 spiro atoms. The van der Waals surface area contributed by atoms with Gasteiger partial charge in [0, 0.05) is 24.4 Å². The maximum Gasteiger partial charge on any atom is 0.387 e. The number of nitrogens with zero attached hydrogens (tertiary/aromatic N) is 4. The van der Waals surface area contributed by atoms with Crippen molar-refractivity contribution in [2.45, 2.75) is 13.0 Å². The van der Waals surface area contributed by atoms with Crippen molar-refractivity contribution in [3.8, 4) is 22.9 Å². The molecule has 0 aliphatic heterocycles. The van der Waals surface area contributed by atoms with Gasteiger partial charge in [0.05, 0.1) is 19.0 Å². The highest BCUT2D eigenvalue weighted by Gasteiger charge is 2.13. The van der Waals surface area contributed by atoms with E-state index < -0.39 is 6.61 Å². The first-order valence-corrected chi connectivity index (χ1v) is 7.34. The summed E-state index contributed by atoms with van der Waals surface area (Å²) in [6.07, 6.45) is 6.90. The lowest BCUT2D eigenvalue weighted by molar-refractivity contribution is -0.0498. The monoisotopic (exact) mass is 344 g/mol. The Kier molecular flexibility index (Phi) is 5.08. The van der Waals surface area contributed by atoms with Gasteiger partial charge in [0.2, 0.25) is 5.88 Å². The highest BCUT2D eigenvalue weighted by molar-refractivity contribution is 5.66. The summed E-state index contributed by atoms with van der Waals surface area (Å²) in [7, 11) is 1.47. The van der Waals surface area contributed by atoms with E-state index in [1.807, 2.05) is 0 Å². The van der Waals surface area contributed by atoms with E-state index in [-0.39, 0.29) is 5.75 Å². The van der Waals surface area contributed by atoms with Crippen LogP contribution in [0, 0.1) is 0 Å². The molecule has 0 aliphatic rings. The first kappa shape index (κ1) is 16.7. The third-order valence-electron chi connectivity index (χ3n) is 3.31. The largest absolute Gasteiger partial charge is 0.479 e. The molecule has 0 saturated heterocycles. The molecule has 3 rings (SSSR count). The van der Waals surface area contributed by atoms with Gasteiger partial charge >= 0.3 is 6.61 Å². The molecule has 0 amide bonds. The average Bonchev–Trinajstić information content (AvgIpc) is 2.62. The maximum atomic E-state index is 12.4. The van der Waals surface area contributed by atoms with E-state index in [9.17, 15) is 8.78 Å². The van der Waals surface area contributed by atoms with E-state index in [0.29, 0.717) is 29.3 Å². The summed E-state index contributed by atoms with van der Waals surface area (Å²) in [5.74, 6) is 0.334. The number of aromatic nitrogens is 4. The second kappa shape index (κ2) is 7.61. The molecule has 0 radical (unpaired) electrons. The summed E-state index contributed by atoms with van der Waals surface area (Å²) in [5, 5.41) is 0. The maximum absolute atomic E-state index is 12.4. The van der Waals surface area contributed by atoms with E-state index in [2.05, 4.69) is 24.7 Å². The van der Waals surface area contributed by atoms with Gasteiger partial charge in [0.1, 0.15) is 17.8 Å². The van der Waals surface area contributed by atoms with E-state index in [0.717, 1.165) is 5.56 Å². The van der Waals surface area contributed by atoms with E-state index in [4.69, 9.17) is 4.74 Å². The molecular formula is C17H14F2N4O2. The zero-order chi connectivity index (χ0) is 17.6. The molecule has 0 unspecified atom stereocenters. The van der Waals surface area contributed by atoms with Crippen LogP contribution < -0.4 is 9.47 Å². The van der Waals surface area contributed by atoms with Gasteiger partial charge in [-0.1, -0.05) is 12.1 Å². The SMILES string of the molecule is COc1ncc(Cc2cncnc2)nc1-c1cccc(OC(F)F)c1. The molecule has 2 heterocycles. The number of benzene rings is 1. The van der Waals surface area contributed by atoms with E-state index in [1.165, 1.54) is 25.6 Å². The quantitative estimate of drug-likeness (QED) is 0.684. The smallest absolute Gasteiger partial charge is 0.387 e. The van der Waals surface area contributed by atoms with Crippen LogP contribution in [-0.4, -0.2) is 33.7 Å². The van der Waals surface area contributed by atoms with Crippen LogP contribution in [0.1, 0.15) is 11.3 Å². The Morgan fingerprint density at radius 2 is 1.92 bits per heavy atom. The topological polar surface area (TPSA) is 70.0 Å². The summed E-state index contributed by atoms with van der Waals surface area (Å²) in [4.78, 5) is 16.7. The molecule has 3 aromatic rings. The fourth-order valence-electron chi connectivity index (χ4n) is 2.29. The van der Waals surface area contributed by atoms with Crippen molar-refractivity contribution in [2.24, 2.45) is 0 Å². The van der Waals surface area contributed by atoms with Gasteiger partial charge in [-0.3, -0.25) is 0 Å². The molecule has 0 atom stereocenters. The van der Waals surface area contributed by atoms with Gasteiger partial charge in [-0.15, -0.1) is 0 Å². The Morgan fingerprint density at radius 3 is 2.64 bits per heavy atom. The van der Waals surface area contributed by atoms with Crippen molar-refractivity contribution in [1.29, 1.82) is 0 Å². The van der Waals surface area contributed by atoms with Crippen LogP contribution in [0.5, 0.6) is 11.6 Å². The lowest BCUT2D eigenvalue weighted by Crippen LogP contribution is -2.03. The molecule has 0 saturated carbocycles. The highest BCUT2D eigenvalue weighted by atomic mass is 19.3. The summed E-state index contributed by atoms with van der Waals surface area (Å²) in [6.45, 7) is -2.90. The van der Waals surface area contributed by atoms with Crippen molar-refractivity contribution in [2.75, 3.05) is 7.11 Å². The second-order valence-electron chi connectivity index (χ2n) is 5.05. The van der Waals surface area contributed by atoms with Gasteiger partial charge < -0.3 is 9.47 Å². The number of hydrogen-bond donors (Lipinski definition) is 0. The molecule has 1 aromatic carbocycles. The first-order chi connectivity index (χ1) is 12.2. The average molecular weight is 344 g/mol. The van der Waals surface area contributed by atoms with Crippen molar-refractivity contribution >= 4 is 0 Å². The molecular weight excluding hydrogens is 330 g/mol. The summed E-state index contributed by atoms with van der Waals surface area (Å²) < 4.78 is 34.5. The van der Waals surface area contributed by atoms with Crippen molar-refractivity contribution in [1.82, 2.24) is 19.9 Å². The fourth-order valence-corrected chi connectivity index (χ4v) is 2.29. The minimum Gasteiger partial charge on any atom is -0.479 e. The van der Waals surface area contributed by atoms with Gasteiger partial charge in [-0.25, -0.2) is 19.9 Å². The number of methoxy groups -OCH3 is 1. The Bertz CT molecular complexity index is 847. The molecule has 8 heteroatoms. The van der Waals surface area contributed by atoms with Crippen LogP contribution in [0.3, 0.4) is 0 Å². The molecule has 0 aliphatic carbocycles. The number of rotatable bonds is 6. The van der Waals surface area contributed by atoms with Crippen LogP contribution >= 0.6 is 0 Å². The number of ether oxygens (including phenoxy) is 2. The molecule has 6 nitrogen and oxygen atoms in total. The number of halogens is 2. The fraction of sp³-hybridized carbons (Fsp3) is 0.176. The zero-order valence-electron chi connectivity index (χ0n) is 13.3. The van der Waals surface area contributed by atoms with Gasteiger partial charge in [0.25, 0.3) is 0 Å². The minimum absolute atomic E-state index is 0.0400. The van der Waals surface area contributed by atoms with Gasteiger partial charge in [-0.2, -0.15) is 8.78 Å². The molecule has 128 valence electrons. The third kappa shape index (κ3) is 4.23. The van der Waals surface area contributed by atoms with Crippen LogP contribution in [0.15, 0.2) is 49.2 Å². The van der Waals surface area contributed by atoms with Crippen LogP contribution in [0.2, 0.25) is 0 Å². The lowest BCUT2D eigenvalue weighted by Gasteiger charge is -2.10. The zero-order valence-corrected chi connectivity index (χ0v) is 13.3. The Morgan fingerprint density at radius 1 is 1.12 bits per heavy atom. The third-order valence-corrected chi connectivity index (χ3v) is 3.31. The van der Waals surface area contributed by atoms with Crippen molar-refractivity contribution < 1.29 is 18.3 Å². The second-order valence-corrected chi connectivity index (χ2v) is 5.05. The van der Waals surface area contributed by atoms with Gasteiger partial charge in [0.15, 0.2) is 0 Å². The Hall–Kier alpha value is -3.16. The normalized spacial score (nSPS) is 10.7. The van der Waals surface area contributed by atoms with Gasteiger partial charge in [-0.05, 0) is 17.7 Å². The molecule has 0 bridgehead atoms. The summed E-state index contributed by atoms with van der Waals surface area (Å²) >= 11 is 0. The lowest BCUT2D eigenvalue weighted by atomic mass is 10.1. The predicted molar refractivity (Wildman–Crippen MR) is 85.5 cm³/mol. The molecule has 2 aromatic heterocycles. The van der Waals surface area contributed by atoms with Crippen LogP contribution in [-0.2, 0) is 6.42 Å². The van der Waals surface area contributed by atoms with Crippen molar-refractivity contribution in [3.05, 3.63) is 60.4 Å². The van der Waals surface area contributed by atoms with Crippen molar-refractivity contribution in [3.63, 3.8) is 0 Å². The first-order valence-electron chi connectivity index (χ1n) is 7.34. The Labute approximate surface area is 142 Å². The predicted octanol–water partition coefficient (Wildman–Crippen LogP) is 3.13. The summed E-state index contributed by atoms with van der Waals surface area (Å²) in [5.41, 5.74) is 2.55. The standard InChI is InChI=1S/C17H14F2N4O2/c1-24-16-15(12-3-2-4-14(6-12)25-17(18)19)23-13(9-22-16)5-11-7-20-10-21-8-11/h2-4,6-10,17H,5H2,1H3. The van der Waals surface area contributed by atoms with E-state index >= 15 is 0 Å². The Balaban J connectivity index is 1.95. The number of alkyl halides is 2. The summed E-state index contributed by atoms with van der Waals surface area (Å²) in [6, 6.07) is 6.24. The number of hydrogen-bond acceptors (Lipinski definition) is 6. The minimum atomic E-state index is -2.90. The molecule has 25 heavy (non-hydrogen) atoms. The van der Waals surface area contributed by atoms with E-state index in [1.54, 1.807) is 30.7 Å².